The van der Waals surface area contributed by atoms with E-state index in [1.54, 1.807) is 6.08 Å². The zero-order chi connectivity index (χ0) is 45.0. The number of hydrogen-bond donors (Lipinski definition) is 5. The SMILES string of the molecule is CC(=O)OCC(COP(=O)(O)OCCN)OC(=O)/C=C/CCCCC[C@H]1O[C@]2(CCCCCCCCCCCCCCOCC(CO)NS(=O)(=O)O)CC[C@@H](OC(C)=O)[C@@H]1O2. The summed E-state index contributed by atoms with van der Waals surface area (Å²) in [4.78, 5) is 45.2. The summed E-state index contributed by atoms with van der Waals surface area (Å²) >= 11 is 0. The van der Waals surface area contributed by atoms with Crippen molar-refractivity contribution in [3.63, 3.8) is 0 Å². The van der Waals surface area contributed by atoms with Gasteiger partial charge in [0.25, 0.3) is 0 Å². The molecule has 0 saturated carbocycles. The topological polar surface area (TPSA) is 275 Å². The number of hydrogen-bond acceptors (Lipinski definition) is 16. The maximum atomic E-state index is 12.4. The molecule has 2 aliphatic heterocycles. The molecule has 19 nitrogen and oxygen atoms in total. The molecule has 2 bridgehead atoms. The first-order chi connectivity index (χ1) is 29.1. The number of esters is 3. The molecule has 61 heavy (non-hydrogen) atoms. The number of carbonyl (C=O) groups excluding carboxylic acids is 3. The second-order valence-electron chi connectivity index (χ2n) is 15.7. The Bertz CT molecular complexity index is 1440. The molecule has 0 aliphatic carbocycles. The van der Waals surface area contributed by atoms with E-state index in [9.17, 15) is 32.3 Å². The summed E-state index contributed by atoms with van der Waals surface area (Å²) in [5.74, 6) is -2.32. The van der Waals surface area contributed by atoms with Crippen LogP contribution in [0.2, 0.25) is 0 Å². The highest BCUT2D eigenvalue weighted by Crippen LogP contribution is 2.46. The van der Waals surface area contributed by atoms with Crippen LogP contribution in [0, 0.1) is 0 Å². The Balaban J connectivity index is 1.61. The lowest BCUT2D eigenvalue weighted by atomic mass is 9.94. The molecule has 0 spiro atoms. The van der Waals surface area contributed by atoms with E-state index in [0.717, 1.165) is 77.0 Å². The molecule has 2 aliphatic rings. The Morgan fingerprint density at radius 1 is 0.869 bits per heavy atom. The van der Waals surface area contributed by atoms with Gasteiger partial charge in [-0.25, -0.2) is 9.36 Å². The summed E-state index contributed by atoms with van der Waals surface area (Å²) in [6.07, 6.45) is 20.4. The highest BCUT2D eigenvalue weighted by molar-refractivity contribution is 7.83. The third kappa shape index (κ3) is 26.3. The molecule has 2 saturated heterocycles. The largest absolute Gasteiger partial charge is 0.472 e. The predicted octanol–water partition coefficient (Wildman–Crippen LogP) is 5.11. The van der Waals surface area contributed by atoms with Crippen LogP contribution >= 0.6 is 7.82 Å². The second kappa shape index (κ2) is 30.9. The van der Waals surface area contributed by atoms with Crippen molar-refractivity contribution in [1.82, 2.24) is 4.72 Å². The van der Waals surface area contributed by atoms with E-state index in [4.69, 9.17) is 48.3 Å². The number of unbranched alkanes of at least 4 members (excludes halogenated alkanes) is 14. The highest BCUT2D eigenvalue weighted by Gasteiger charge is 2.54. The number of phosphoric acid groups is 1. The van der Waals surface area contributed by atoms with Gasteiger partial charge in [0, 0.05) is 45.9 Å². The van der Waals surface area contributed by atoms with Gasteiger partial charge in [-0.2, -0.15) is 13.1 Å². The fraction of sp³-hybridized carbons (Fsp3) is 0.875. The molecule has 2 rings (SSSR count). The number of aliphatic hydroxyl groups is 1. The lowest BCUT2D eigenvalue weighted by molar-refractivity contribution is -0.220. The van der Waals surface area contributed by atoms with Gasteiger partial charge in [0.2, 0.25) is 0 Å². The van der Waals surface area contributed by atoms with Gasteiger partial charge >= 0.3 is 36.0 Å². The lowest BCUT2D eigenvalue weighted by Crippen LogP contribution is -2.43. The van der Waals surface area contributed by atoms with Crippen LogP contribution in [0.25, 0.3) is 0 Å². The number of rotatable bonds is 37. The van der Waals surface area contributed by atoms with Crippen LogP contribution < -0.4 is 10.5 Å². The Hall–Kier alpha value is -2.07. The minimum Gasteiger partial charge on any atom is -0.462 e. The average molecular weight is 917 g/mol. The number of ether oxygens (including phenoxy) is 6. The van der Waals surface area contributed by atoms with E-state index in [2.05, 4.69) is 4.52 Å². The molecule has 6 N–H and O–H groups in total. The molecular weight excluding hydrogens is 843 g/mol. The molecule has 3 unspecified atom stereocenters. The standard InChI is InChI=1S/C40H73N2O17PS/c1-32(44)53-30-35(31-55-60(47,48)54-27-25-41)57-38(46)21-17-13-11-12-16-20-37-39-36(56-33(2)45)22-24-40(58-37,59-39)23-18-14-9-7-5-3-4-6-8-10-15-19-26-52-29-34(28-43)42-61(49,50)51/h17,21,34-37,39,42-43H,3-16,18-20,22-31,41H2,1-2H3,(H,47,48)(H,49,50,51)/b21-17+/t34?,35?,36-,37-,39+,40+/m1/s1. The van der Waals surface area contributed by atoms with Gasteiger partial charge in [0.05, 0.1) is 38.6 Å². The van der Waals surface area contributed by atoms with Crippen molar-refractivity contribution in [1.29, 1.82) is 0 Å². The van der Waals surface area contributed by atoms with Crippen LogP contribution in [-0.4, -0.2) is 123 Å². The van der Waals surface area contributed by atoms with Crippen molar-refractivity contribution in [2.75, 3.05) is 46.2 Å². The fourth-order valence-corrected chi connectivity index (χ4v) is 8.59. The first kappa shape index (κ1) is 55.1. The minimum atomic E-state index is -4.43. The number of nitrogens with two attached hydrogens (primary N) is 1. The van der Waals surface area contributed by atoms with Crippen molar-refractivity contribution < 1.29 is 79.4 Å². The number of carbonyl (C=O) groups is 3. The maximum absolute atomic E-state index is 12.4. The van der Waals surface area contributed by atoms with Crippen LogP contribution in [0.1, 0.15) is 142 Å². The molecule has 0 aromatic carbocycles. The van der Waals surface area contributed by atoms with Gasteiger partial charge in [0.1, 0.15) is 18.8 Å². The van der Waals surface area contributed by atoms with Crippen molar-refractivity contribution in [2.24, 2.45) is 5.73 Å². The summed E-state index contributed by atoms with van der Waals surface area (Å²) < 4.78 is 88.1. The molecule has 0 amide bonds. The van der Waals surface area contributed by atoms with E-state index >= 15 is 0 Å². The van der Waals surface area contributed by atoms with Gasteiger partial charge in [-0.05, 0) is 38.5 Å². The molecule has 0 radical (unpaired) electrons. The normalized spacial score (nSPS) is 22.2. The number of fused-ring (bicyclic) bond motifs is 2. The summed E-state index contributed by atoms with van der Waals surface area (Å²) in [7, 11) is -8.80. The monoisotopic (exact) mass is 916 g/mol. The van der Waals surface area contributed by atoms with Gasteiger partial charge in [0.15, 0.2) is 11.9 Å². The number of nitrogens with one attached hydrogen (secondary N) is 1. The van der Waals surface area contributed by atoms with E-state index in [1.165, 1.54) is 52.0 Å². The molecule has 0 aromatic rings. The highest BCUT2D eigenvalue weighted by atomic mass is 32.2. The lowest BCUT2D eigenvalue weighted by Gasteiger charge is -2.35. The minimum absolute atomic E-state index is 0.00372. The van der Waals surface area contributed by atoms with Gasteiger partial charge in [-0.1, -0.05) is 83.1 Å². The van der Waals surface area contributed by atoms with Crippen molar-refractivity contribution in [3.05, 3.63) is 12.2 Å². The second-order valence-corrected chi connectivity index (χ2v) is 18.3. The number of phosphoric ester groups is 1. The van der Waals surface area contributed by atoms with E-state index in [0.29, 0.717) is 25.9 Å². The molecular formula is C40H73N2O17PS. The van der Waals surface area contributed by atoms with Gasteiger partial charge in [-0.3, -0.25) is 23.2 Å². The van der Waals surface area contributed by atoms with Crippen LogP contribution in [0.5, 0.6) is 0 Å². The van der Waals surface area contributed by atoms with Gasteiger partial charge in [-0.15, -0.1) is 0 Å². The van der Waals surface area contributed by atoms with E-state index < -0.39 is 61.2 Å². The van der Waals surface area contributed by atoms with Crippen LogP contribution in [0.4, 0.5) is 0 Å². The van der Waals surface area contributed by atoms with Gasteiger partial charge < -0.3 is 44.2 Å². The van der Waals surface area contributed by atoms with Crippen LogP contribution in [-0.2, 0) is 66.7 Å². The number of aliphatic hydroxyl groups excluding tert-OH is 1. The summed E-state index contributed by atoms with van der Waals surface area (Å²) in [6.45, 7) is 1.51. The smallest absolute Gasteiger partial charge is 0.462 e. The number of allylic oxidation sites excluding steroid dienone is 1. The molecule has 21 heteroatoms. The molecule has 2 heterocycles. The van der Waals surface area contributed by atoms with Crippen molar-refractivity contribution in [3.8, 4) is 0 Å². The average Bonchev–Trinajstić information content (AvgIpc) is 3.49. The third-order valence-electron chi connectivity index (χ3n) is 10.2. The molecule has 0 aromatic heterocycles. The van der Waals surface area contributed by atoms with Crippen LogP contribution in [0.15, 0.2) is 12.2 Å². The first-order valence-electron chi connectivity index (χ1n) is 21.9. The maximum Gasteiger partial charge on any atom is 0.472 e. The molecule has 356 valence electrons. The quantitative estimate of drug-likeness (QED) is 0.0135. The Morgan fingerprint density at radius 2 is 1.51 bits per heavy atom. The predicted molar refractivity (Wildman–Crippen MR) is 223 cm³/mol. The zero-order valence-corrected chi connectivity index (χ0v) is 37.8. The van der Waals surface area contributed by atoms with E-state index in [-0.39, 0.29) is 50.6 Å². The third-order valence-corrected chi connectivity index (χ3v) is 11.8. The summed E-state index contributed by atoms with van der Waals surface area (Å²) in [5, 5.41) is 9.15. The first-order valence-corrected chi connectivity index (χ1v) is 24.8. The Morgan fingerprint density at radius 3 is 2.11 bits per heavy atom. The summed E-state index contributed by atoms with van der Waals surface area (Å²) in [5.41, 5.74) is 5.27. The Kier molecular flexibility index (Phi) is 27.9. The van der Waals surface area contributed by atoms with Crippen LogP contribution in [0.3, 0.4) is 0 Å². The Labute approximate surface area is 361 Å². The summed E-state index contributed by atoms with van der Waals surface area (Å²) in [6, 6.07) is -0.857. The zero-order valence-electron chi connectivity index (χ0n) is 36.1. The molecule has 2 fully saturated rings. The van der Waals surface area contributed by atoms with Crippen molar-refractivity contribution >= 4 is 36.0 Å². The molecule has 7 atom stereocenters. The van der Waals surface area contributed by atoms with E-state index in [1.807, 2.05) is 4.72 Å². The van der Waals surface area contributed by atoms with Crippen molar-refractivity contribution in [2.45, 2.75) is 179 Å². The fourth-order valence-electron chi connectivity index (χ4n) is 7.26.